The topological polar surface area (TPSA) is 105 Å². The summed E-state index contributed by atoms with van der Waals surface area (Å²) in [5.74, 6) is -5.51. The number of hydrogen-bond acceptors (Lipinski definition) is 4. The number of alkyl halides is 5. The number of nitrogens with zero attached hydrogens (tertiary/aromatic N) is 3. The van der Waals surface area contributed by atoms with Gasteiger partial charge in [-0.3, -0.25) is 14.3 Å². The number of benzene rings is 1. The van der Waals surface area contributed by atoms with Crippen molar-refractivity contribution in [2.75, 3.05) is 0 Å². The largest absolute Gasteiger partial charge is 0.392 e. The quantitative estimate of drug-likeness (QED) is 0.254. The van der Waals surface area contributed by atoms with Gasteiger partial charge in [0.2, 0.25) is 11.8 Å². The normalized spacial score (nSPS) is 18.3. The number of aromatic amines is 1. The molecule has 1 aliphatic rings. The lowest BCUT2D eigenvalue weighted by molar-refractivity contribution is -0.174. The van der Waals surface area contributed by atoms with Crippen molar-refractivity contribution in [2.24, 2.45) is 11.8 Å². The Bertz CT molecular complexity index is 1370. The molecular weight excluding hydrogens is 547 g/mol. The number of amides is 2. The molecule has 1 fully saturated rings. The molecule has 3 atom stereocenters. The zero-order valence-electron chi connectivity index (χ0n) is 23.4. The molecule has 0 unspecified atom stereocenters. The van der Waals surface area contributed by atoms with Gasteiger partial charge in [-0.1, -0.05) is 13.0 Å². The molecule has 224 valence electrons. The molecular formula is C28H35F5N6O2. The van der Waals surface area contributed by atoms with Crippen molar-refractivity contribution in [3.05, 3.63) is 47.5 Å². The zero-order chi connectivity index (χ0) is 30.1. The second-order valence-corrected chi connectivity index (χ2v) is 11.2. The molecule has 1 aromatic carbocycles. The van der Waals surface area contributed by atoms with E-state index >= 15 is 0 Å². The summed E-state index contributed by atoms with van der Waals surface area (Å²) in [7, 11) is 0. The number of nitrogens with one attached hydrogen (secondary N) is 3. The number of hydrogen-bond donors (Lipinski definition) is 3. The van der Waals surface area contributed by atoms with Crippen molar-refractivity contribution < 1.29 is 31.5 Å². The Hall–Kier alpha value is -3.51. The Balaban J connectivity index is 1.57. The van der Waals surface area contributed by atoms with E-state index in [2.05, 4.69) is 25.7 Å². The monoisotopic (exact) mass is 582 g/mol. The van der Waals surface area contributed by atoms with Gasteiger partial charge in [-0.15, -0.1) is 0 Å². The van der Waals surface area contributed by atoms with Crippen LogP contribution in [0.25, 0.3) is 11.0 Å². The second-order valence-electron chi connectivity index (χ2n) is 11.2. The number of carbonyl (C=O) groups is 2. The smallest absolute Gasteiger partial charge is 0.350 e. The van der Waals surface area contributed by atoms with Crippen LogP contribution >= 0.6 is 0 Å². The third-order valence-corrected chi connectivity index (χ3v) is 7.66. The van der Waals surface area contributed by atoms with Crippen molar-refractivity contribution in [3.63, 3.8) is 0 Å². The number of fused-ring (bicyclic) bond motifs is 1. The fraction of sp³-hybridized carbons (Fsp3) is 0.571. The minimum Gasteiger partial charge on any atom is -0.350 e. The van der Waals surface area contributed by atoms with Crippen LogP contribution in [0, 0.1) is 11.8 Å². The van der Waals surface area contributed by atoms with Crippen molar-refractivity contribution in [2.45, 2.75) is 90.0 Å². The highest BCUT2D eigenvalue weighted by molar-refractivity contribution is 5.92. The predicted octanol–water partition coefficient (Wildman–Crippen LogP) is 6.40. The van der Waals surface area contributed by atoms with Crippen molar-refractivity contribution in [3.8, 4) is 0 Å². The highest BCUT2D eigenvalue weighted by atomic mass is 19.4. The van der Waals surface area contributed by atoms with Gasteiger partial charge < -0.3 is 15.6 Å². The van der Waals surface area contributed by atoms with Crippen molar-refractivity contribution in [1.29, 1.82) is 0 Å². The molecule has 13 heteroatoms. The van der Waals surface area contributed by atoms with E-state index in [0.29, 0.717) is 28.1 Å². The minimum atomic E-state index is -4.46. The average Bonchev–Trinajstić information content (AvgIpc) is 3.54. The van der Waals surface area contributed by atoms with Gasteiger partial charge in [-0.2, -0.15) is 18.3 Å². The van der Waals surface area contributed by atoms with Gasteiger partial charge >= 0.3 is 6.18 Å². The lowest BCUT2D eigenvalue weighted by Gasteiger charge is -2.33. The number of H-pyrrole nitrogens is 1. The summed E-state index contributed by atoms with van der Waals surface area (Å²) in [6.07, 6.45) is -3.79. The summed E-state index contributed by atoms with van der Waals surface area (Å²) in [6, 6.07) is 5.41. The fourth-order valence-corrected chi connectivity index (χ4v) is 5.17. The number of rotatable bonds is 9. The molecule has 0 bridgehead atoms. The van der Waals surface area contributed by atoms with Crippen molar-refractivity contribution >= 4 is 22.8 Å². The molecule has 0 saturated heterocycles. The Morgan fingerprint density at radius 3 is 2.41 bits per heavy atom. The maximum absolute atomic E-state index is 14.0. The number of carbonyl (C=O) groups excluding carboxylic acids is 2. The SMILES string of the molecule is CC(C)n1nccc1C(=O)N[C@H](c1nc2ccc([C@@H](C)NC(=O)C[C@@H](C)C(F)(F)F)cc2[nH]1)C1CCC(F)(F)CC1. The highest BCUT2D eigenvalue weighted by Gasteiger charge is 2.40. The second kappa shape index (κ2) is 11.8. The predicted molar refractivity (Wildman–Crippen MR) is 142 cm³/mol. The first-order valence-corrected chi connectivity index (χ1v) is 13.7. The van der Waals surface area contributed by atoms with E-state index in [9.17, 15) is 31.5 Å². The van der Waals surface area contributed by atoms with Gasteiger partial charge in [-0.25, -0.2) is 13.8 Å². The molecule has 3 N–H and O–H groups in total. The average molecular weight is 583 g/mol. The van der Waals surface area contributed by atoms with E-state index in [-0.39, 0.29) is 37.6 Å². The van der Waals surface area contributed by atoms with Crippen LogP contribution in [0.5, 0.6) is 0 Å². The maximum atomic E-state index is 14.0. The maximum Gasteiger partial charge on any atom is 0.392 e. The molecule has 2 amide bonds. The Labute approximate surface area is 234 Å². The van der Waals surface area contributed by atoms with Crippen LogP contribution in [0.1, 0.15) is 99.8 Å². The summed E-state index contributed by atoms with van der Waals surface area (Å²) in [4.78, 5) is 33.4. The van der Waals surface area contributed by atoms with E-state index < -0.39 is 48.3 Å². The molecule has 1 saturated carbocycles. The summed E-state index contributed by atoms with van der Waals surface area (Å²) < 4.78 is 68.0. The van der Waals surface area contributed by atoms with E-state index in [4.69, 9.17) is 0 Å². The molecule has 4 rings (SSSR count). The van der Waals surface area contributed by atoms with E-state index in [1.165, 1.54) is 6.20 Å². The molecule has 2 heterocycles. The van der Waals surface area contributed by atoms with Gasteiger partial charge in [0.05, 0.1) is 29.0 Å². The summed E-state index contributed by atoms with van der Waals surface area (Å²) in [5.41, 5.74) is 2.11. The van der Waals surface area contributed by atoms with Crippen LogP contribution in [0.2, 0.25) is 0 Å². The molecule has 0 spiro atoms. The Morgan fingerprint density at radius 2 is 1.78 bits per heavy atom. The van der Waals surface area contributed by atoms with Crippen molar-refractivity contribution in [1.82, 2.24) is 30.4 Å². The lowest BCUT2D eigenvalue weighted by atomic mass is 9.81. The third kappa shape index (κ3) is 7.23. The molecule has 41 heavy (non-hydrogen) atoms. The van der Waals surface area contributed by atoms with Crippen LogP contribution in [0.3, 0.4) is 0 Å². The Morgan fingerprint density at radius 1 is 1.10 bits per heavy atom. The molecule has 3 aromatic rings. The number of halogens is 5. The van der Waals surface area contributed by atoms with Gasteiger partial charge in [0.15, 0.2) is 0 Å². The van der Waals surface area contributed by atoms with Crippen LogP contribution in [0.4, 0.5) is 22.0 Å². The minimum absolute atomic E-state index is 0.0682. The first kappa shape index (κ1) is 30.4. The summed E-state index contributed by atoms with van der Waals surface area (Å²) in [6.45, 7) is 6.41. The number of imidazole rings is 1. The van der Waals surface area contributed by atoms with E-state index in [1.54, 1.807) is 35.9 Å². The van der Waals surface area contributed by atoms with E-state index in [0.717, 1.165) is 6.92 Å². The van der Waals surface area contributed by atoms with Crippen LogP contribution in [-0.2, 0) is 4.79 Å². The first-order valence-electron chi connectivity index (χ1n) is 13.7. The fourth-order valence-electron chi connectivity index (χ4n) is 5.17. The zero-order valence-corrected chi connectivity index (χ0v) is 23.4. The highest BCUT2D eigenvalue weighted by Crippen LogP contribution is 2.41. The Kier molecular flexibility index (Phi) is 8.74. The van der Waals surface area contributed by atoms with Crippen LogP contribution < -0.4 is 10.6 Å². The van der Waals surface area contributed by atoms with E-state index in [1.807, 2.05) is 13.8 Å². The van der Waals surface area contributed by atoms with Gasteiger partial charge in [-0.05, 0) is 63.3 Å². The molecule has 1 aliphatic carbocycles. The third-order valence-electron chi connectivity index (χ3n) is 7.66. The standard InChI is InChI=1S/C28H35F5N6O2/c1-15(2)39-22(9-12-34-39)26(41)38-24(18-7-10-27(29,30)11-8-18)25-36-20-6-5-19(14-21(20)37-25)17(4)35-23(40)13-16(3)28(31,32)33/h5-6,9,12,14-18,24H,7-8,10-11,13H2,1-4H3,(H,35,40)(H,36,37)(H,38,41)/t16-,17-,24+/m1/s1. The lowest BCUT2D eigenvalue weighted by Crippen LogP contribution is -2.38. The van der Waals surface area contributed by atoms with Crippen LogP contribution in [-0.4, -0.2) is 43.7 Å². The summed E-state index contributed by atoms with van der Waals surface area (Å²) >= 11 is 0. The van der Waals surface area contributed by atoms with Gasteiger partial charge in [0.25, 0.3) is 5.91 Å². The van der Waals surface area contributed by atoms with Gasteiger partial charge in [0.1, 0.15) is 11.5 Å². The van der Waals surface area contributed by atoms with Crippen LogP contribution in [0.15, 0.2) is 30.5 Å². The first-order chi connectivity index (χ1) is 19.1. The number of aromatic nitrogens is 4. The molecule has 0 radical (unpaired) electrons. The molecule has 8 nitrogen and oxygen atoms in total. The molecule has 0 aliphatic heterocycles. The summed E-state index contributed by atoms with van der Waals surface area (Å²) in [5, 5.41) is 9.80. The molecule has 2 aromatic heterocycles. The van der Waals surface area contributed by atoms with Gasteiger partial charge in [0, 0.05) is 31.5 Å².